The lowest BCUT2D eigenvalue weighted by molar-refractivity contribution is 0.123. The van der Waals surface area contributed by atoms with Gasteiger partial charge in [-0.05, 0) is 63.6 Å². The van der Waals surface area contributed by atoms with Crippen LogP contribution in [-0.2, 0) is 34.8 Å². The third-order valence-corrected chi connectivity index (χ3v) is 11.9. The lowest BCUT2D eigenvalue weighted by Gasteiger charge is -2.27. The van der Waals surface area contributed by atoms with Crippen molar-refractivity contribution in [2.45, 2.75) is 55.2 Å². The Morgan fingerprint density at radius 3 is 1.59 bits per heavy atom. The van der Waals surface area contributed by atoms with Crippen LogP contribution in [0.4, 0.5) is 4.79 Å². The SMILES string of the molecule is CCCCOC(=O)N(CCN(CCNS(=O)(=O)c1ccc(C)cc1)S(=O)(=O)c1ccc(C)cc1)S(=O)(=O)c1ccc(C)cc1. The molecule has 0 atom stereocenters. The number of ether oxygens (including phenoxy) is 1. The largest absolute Gasteiger partial charge is 0.449 e. The molecule has 3 aromatic carbocycles. The van der Waals surface area contributed by atoms with Crippen LogP contribution in [0.2, 0.25) is 0 Å². The predicted octanol–water partition coefficient (Wildman–Crippen LogP) is 4.21. The average Bonchev–Trinajstić information content (AvgIpc) is 2.97. The van der Waals surface area contributed by atoms with Crippen LogP contribution >= 0.6 is 0 Å². The molecular formula is C30H39N3O8S3. The third-order valence-electron chi connectivity index (χ3n) is 6.73. The van der Waals surface area contributed by atoms with Gasteiger partial charge in [0.05, 0.1) is 27.8 Å². The molecule has 0 heterocycles. The van der Waals surface area contributed by atoms with Crippen LogP contribution in [0.3, 0.4) is 0 Å². The Bertz CT molecular complexity index is 1720. The Hall–Kier alpha value is -3.30. The zero-order valence-electron chi connectivity index (χ0n) is 25.3. The minimum Gasteiger partial charge on any atom is -0.449 e. The zero-order chi connectivity index (χ0) is 32.5. The van der Waals surface area contributed by atoms with E-state index >= 15 is 0 Å². The van der Waals surface area contributed by atoms with Crippen molar-refractivity contribution in [3.8, 4) is 0 Å². The van der Waals surface area contributed by atoms with Gasteiger partial charge in [0.1, 0.15) is 0 Å². The summed E-state index contributed by atoms with van der Waals surface area (Å²) in [5, 5.41) is 0. The molecule has 1 amide bonds. The Morgan fingerprint density at radius 1 is 0.659 bits per heavy atom. The van der Waals surface area contributed by atoms with E-state index in [1.165, 1.54) is 36.4 Å². The molecule has 0 unspecified atom stereocenters. The Labute approximate surface area is 261 Å². The highest BCUT2D eigenvalue weighted by Crippen LogP contribution is 2.21. The minimum absolute atomic E-state index is 0.0125. The van der Waals surface area contributed by atoms with Gasteiger partial charge in [-0.3, -0.25) is 0 Å². The van der Waals surface area contributed by atoms with Gasteiger partial charge in [0, 0.05) is 19.6 Å². The van der Waals surface area contributed by atoms with Gasteiger partial charge in [-0.2, -0.15) is 8.61 Å². The molecule has 0 saturated heterocycles. The standard InChI is InChI=1S/C30H39N3O8S3/c1-5-6-23-41-30(34)33(44(39,40)29-17-11-26(4)12-18-29)22-21-32(43(37,38)28-15-9-25(3)10-16-28)20-19-31-42(35,36)27-13-7-24(2)8-14-27/h7-18,31H,5-6,19-23H2,1-4H3. The predicted molar refractivity (Wildman–Crippen MR) is 168 cm³/mol. The van der Waals surface area contributed by atoms with Gasteiger partial charge in [-0.15, -0.1) is 0 Å². The minimum atomic E-state index is -4.42. The highest BCUT2D eigenvalue weighted by molar-refractivity contribution is 7.90. The molecule has 240 valence electrons. The van der Waals surface area contributed by atoms with E-state index in [0.717, 1.165) is 21.0 Å². The molecular weight excluding hydrogens is 627 g/mol. The molecule has 0 aliphatic heterocycles. The summed E-state index contributed by atoms with van der Waals surface area (Å²) in [6.45, 7) is 5.58. The van der Waals surface area contributed by atoms with Crippen molar-refractivity contribution in [1.29, 1.82) is 0 Å². The molecule has 11 nitrogen and oxygen atoms in total. The first-order valence-electron chi connectivity index (χ1n) is 14.1. The first-order valence-corrected chi connectivity index (χ1v) is 18.4. The smallest absolute Gasteiger partial charge is 0.423 e. The summed E-state index contributed by atoms with van der Waals surface area (Å²) in [5.74, 6) is 0. The molecule has 0 bridgehead atoms. The van der Waals surface area contributed by atoms with Crippen LogP contribution in [0.15, 0.2) is 87.5 Å². The lowest BCUT2D eigenvalue weighted by Crippen LogP contribution is -2.46. The van der Waals surface area contributed by atoms with Crippen molar-refractivity contribution in [1.82, 2.24) is 13.3 Å². The number of nitrogens with one attached hydrogen (secondary N) is 1. The molecule has 0 aliphatic carbocycles. The van der Waals surface area contributed by atoms with E-state index in [-0.39, 0.29) is 34.4 Å². The summed E-state index contributed by atoms with van der Waals surface area (Å²) in [7, 11) is -12.6. The number of amides is 1. The number of carbonyl (C=O) groups is 1. The normalized spacial score (nSPS) is 12.3. The second-order valence-electron chi connectivity index (χ2n) is 10.3. The molecule has 0 fully saturated rings. The fourth-order valence-corrected chi connectivity index (χ4v) is 7.80. The Balaban J connectivity index is 1.91. The summed E-state index contributed by atoms with van der Waals surface area (Å²) in [6.07, 6.45) is 0.0879. The quantitative estimate of drug-likeness (QED) is 0.238. The molecule has 3 aromatic rings. The average molecular weight is 666 g/mol. The van der Waals surface area contributed by atoms with Gasteiger partial charge in [0.25, 0.3) is 10.0 Å². The number of carbonyl (C=O) groups excluding carboxylic acids is 1. The molecule has 1 N–H and O–H groups in total. The van der Waals surface area contributed by atoms with Crippen LogP contribution < -0.4 is 4.72 Å². The number of benzene rings is 3. The third kappa shape index (κ3) is 9.11. The fraction of sp³-hybridized carbons (Fsp3) is 0.367. The van der Waals surface area contributed by atoms with Gasteiger partial charge in [-0.25, -0.2) is 34.8 Å². The highest BCUT2D eigenvalue weighted by atomic mass is 32.2. The number of hydrogen-bond acceptors (Lipinski definition) is 8. The Kier molecular flexibility index (Phi) is 12.1. The van der Waals surface area contributed by atoms with E-state index in [2.05, 4.69) is 4.72 Å². The van der Waals surface area contributed by atoms with Crippen molar-refractivity contribution in [2.24, 2.45) is 0 Å². The second-order valence-corrected chi connectivity index (χ2v) is 15.9. The molecule has 0 spiro atoms. The summed E-state index contributed by atoms with van der Waals surface area (Å²) in [4.78, 5) is 12.9. The number of rotatable bonds is 15. The molecule has 0 saturated carbocycles. The van der Waals surface area contributed by atoms with Crippen LogP contribution in [0.5, 0.6) is 0 Å². The molecule has 0 aromatic heterocycles. The zero-order valence-corrected chi connectivity index (χ0v) is 27.7. The maximum absolute atomic E-state index is 13.7. The van der Waals surface area contributed by atoms with Crippen LogP contribution in [0.25, 0.3) is 0 Å². The van der Waals surface area contributed by atoms with E-state index in [9.17, 15) is 30.0 Å². The van der Waals surface area contributed by atoms with E-state index in [4.69, 9.17) is 4.74 Å². The van der Waals surface area contributed by atoms with Gasteiger partial charge in [-0.1, -0.05) is 66.4 Å². The lowest BCUT2D eigenvalue weighted by atomic mass is 10.2. The fourth-order valence-electron chi connectivity index (χ4n) is 4.04. The monoisotopic (exact) mass is 665 g/mol. The molecule has 3 rings (SSSR count). The molecule has 44 heavy (non-hydrogen) atoms. The van der Waals surface area contributed by atoms with Gasteiger partial charge in [0.15, 0.2) is 0 Å². The maximum atomic E-state index is 13.7. The number of sulfonamides is 3. The van der Waals surface area contributed by atoms with Crippen molar-refractivity contribution in [3.05, 3.63) is 89.5 Å². The molecule has 0 radical (unpaired) electrons. The number of unbranched alkanes of at least 4 members (excludes halogenated alkanes) is 1. The van der Waals surface area contributed by atoms with Crippen molar-refractivity contribution in [3.63, 3.8) is 0 Å². The van der Waals surface area contributed by atoms with E-state index in [1.807, 2.05) is 13.8 Å². The van der Waals surface area contributed by atoms with E-state index in [1.54, 1.807) is 50.2 Å². The summed E-state index contributed by atoms with van der Waals surface area (Å²) >= 11 is 0. The topological polar surface area (TPSA) is 147 Å². The van der Waals surface area contributed by atoms with Crippen molar-refractivity contribution in [2.75, 3.05) is 32.8 Å². The summed E-state index contributed by atoms with van der Waals surface area (Å²) in [6, 6.07) is 18.1. The van der Waals surface area contributed by atoms with Gasteiger partial charge >= 0.3 is 6.09 Å². The van der Waals surface area contributed by atoms with Crippen molar-refractivity contribution < 1.29 is 34.8 Å². The summed E-state index contributed by atoms with van der Waals surface area (Å²) < 4.78 is 89.4. The molecule has 14 heteroatoms. The van der Waals surface area contributed by atoms with E-state index < -0.39 is 49.3 Å². The molecule has 0 aliphatic rings. The number of aryl methyl sites for hydroxylation is 3. The Morgan fingerprint density at radius 2 is 1.11 bits per heavy atom. The van der Waals surface area contributed by atoms with Crippen molar-refractivity contribution >= 4 is 36.2 Å². The second kappa shape index (κ2) is 15.1. The maximum Gasteiger partial charge on any atom is 0.423 e. The van der Waals surface area contributed by atoms with Gasteiger partial charge < -0.3 is 4.74 Å². The van der Waals surface area contributed by atoms with E-state index in [0.29, 0.717) is 17.1 Å². The first-order chi connectivity index (χ1) is 20.7. The number of hydrogen-bond donors (Lipinski definition) is 1. The first kappa shape index (κ1) is 35.2. The number of nitrogens with zero attached hydrogens (tertiary/aromatic N) is 2. The van der Waals surface area contributed by atoms with Crippen LogP contribution in [0, 0.1) is 20.8 Å². The summed E-state index contributed by atoms with van der Waals surface area (Å²) in [5.41, 5.74) is 2.51. The highest BCUT2D eigenvalue weighted by Gasteiger charge is 2.33. The van der Waals surface area contributed by atoms with Crippen LogP contribution in [-0.4, -0.2) is 72.7 Å². The van der Waals surface area contributed by atoms with Gasteiger partial charge in [0.2, 0.25) is 20.0 Å². The van der Waals surface area contributed by atoms with Crippen LogP contribution in [0.1, 0.15) is 36.5 Å².